The van der Waals surface area contributed by atoms with Gasteiger partial charge in [0, 0.05) is 12.3 Å². The van der Waals surface area contributed by atoms with Gasteiger partial charge in [-0.3, -0.25) is 0 Å². The first-order valence-electron chi connectivity index (χ1n) is 5.80. The molecule has 0 saturated carbocycles. The first kappa shape index (κ1) is 9.34. The first-order chi connectivity index (χ1) is 7.36. The van der Waals surface area contributed by atoms with Gasteiger partial charge in [-0.1, -0.05) is 24.3 Å². The van der Waals surface area contributed by atoms with Gasteiger partial charge >= 0.3 is 0 Å². The Balaban J connectivity index is 1.95. The average molecular weight is 204 g/mol. The highest BCUT2D eigenvalue weighted by molar-refractivity contribution is 5.65. The van der Waals surface area contributed by atoms with Gasteiger partial charge in [0.25, 0.3) is 0 Å². The molecule has 0 aromatic carbocycles. The van der Waals surface area contributed by atoms with E-state index in [0.717, 1.165) is 32.0 Å². The molecule has 2 nitrogen and oxygen atoms in total. The molecule has 15 heavy (non-hydrogen) atoms. The first-order valence-corrected chi connectivity index (χ1v) is 5.80. The van der Waals surface area contributed by atoms with Crippen LogP contribution in [0, 0.1) is 11.8 Å². The monoisotopic (exact) mass is 204 g/mol. The maximum atomic E-state index is 11.3. The van der Waals surface area contributed by atoms with Crippen molar-refractivity contribution < 1.29 is 9.53 Å². The van der Waals surface area contributed by atoms with E-state index in [2.05, 4.69) is 24.3 Å². The van der Waals surface area contributed by atoms with Crippen LogP contribution in [-0.4, -0.2) is 18.0 Å². The molecular formula is C13H16O2. The summed E-state index contributed by atoms with van der Waals surface area (Å²) in [5.74, 6) is 0.972. The molecule has 1 saturated heterocycles. The summed E-state index contributed by atoms with van der Waals surface area (Å²) in [4.78, 5) is 11.3. The summed E-state index contributed by atoms with van der Waals surface area (Å²) in [7, 11) is 0. The molecule has 0 amide bonds. The van der Waals surface area contributed by atoms with Crippen LogP contribution in [0.1, 0.15) is 25.7 Å². The maximum absolute atomic E-state index is 11.3. The van der Waals surface area contributed by atoms with Gasteiger partial charge in [0.2, 0.25) is 0 Å². The summed E-state index contributed by atoms with van der Waals surface area (Å²) < 4.78 is 6.04. The van der Waals surface area contributed by atoms with E-state index in [9.17, 15) is 4.79 Å². The Labute approximate surface area is 90.0 Å². The fraction of sp³-hybridized carbons (Fsp3) is 0.615. The van der Waals surface area contributed by atoms with Crippen LogP contribution >= 0.6 is 0 Å². The minimum Gasteiger partial charge on any atom is -0.363 e. The number of ether oxygens (including phenoxy) is 1. The number of fused-ring (bicyclic) bond motifs is 3. The zero-order valence-corrected chi connectivity index (χ0v) is 8.76. The van der Waals surface area contributed by atoms with E-state index in [-0.39, 0.29) is 6.10 Å². The number of aldehydes is 1. The highest BCUT2D eigenvalue weighted by Crippen LogP contribution is 2.49. The second-order valence-corrected chi connectivity index (χ2v) is 4.85. The maximum Gasteiger partial charge on any atom is 0.152 e. The van der Waals surface area contributed by atoms with Gasteiger partial charge < -0.3 is 9.53 Å². The number of carbonyl (C=O) groups excluding carboxylic acids is 1. The number of hydrogen-bond acceptors (Lipinski definition) is 2. The Morgan fingerprint density at radius 1 is 1.13 bits per heavy atom. The van der Waals surface area contributed by atoms with Crippen LogP contribution in [0.4, 0.5) is 0 Å². The Morgan fingerprint density at radius 3 is 2.80 bits per heavy atom. The van der Waals surface area contributed by atoms with Crippen LogP contribution < -0.4 is 0 Å². The van der Waals surface area contributed by atoms with Crippen molar-refractivity contribution in [1.82, 2.24) is 0 Å². The molecule has 3 aliphatic rings. The molecule has 4 atom stereocenters. The van der Waals surface area contributed by atoms with Gasteiger partial charge in [-0.05, 0) is 25.2 Å². The molecule has 1 fully saturated rings. The third kappa shape index (κ3) is 1.24. The van der Waals surface area contributed by atoms with Gasteiger partial charge in [0.1, 0.15) is 5.60 Å². The number of carbonyl (C=O) groups is 1. The van der Waals surface area contributed by atoms with Crippen LogP contribution in [-0.2, 0) is 9.53 Å². The van der Waals surface area contributed by atoms with Crippen LogP contribution in [0.3, 0.4) is 0 Å². The van der Waals surface area contributed by atoms with E-state index in [4.69, 9.17) is 4.74 Å². The molecular weight excluding hydrogens is 188 g/mol. The van der Waals surface area contributed by atoms with E-state index >= 15 is 0 Å². The lowest BCUT2D eigenvalue weighted by Gasteiger charge is -2.31. The van der Waals surface area contributed by atoms with Crippen molar-refractivity contribution >= 4 is 6.29 Å². The number of hydrogen-bond donors (Lipinski definition) is 0. The average Bonchev–Trinajstić information content (AvgIpc) is 2.64. The van der Waals surface area contributed by atoms with Gasteiger partial charge in [0.15, 0.2) is 6.29 Å². The molecule has 2 aliphatic carbocycles. The zero-order valence-electron chi connectivity index (χ0n) is 8.76. The lowest BCUT2D eigenvalue weighted by atomic mass is 9.71. The van der Waals surface area contributed by atoms with Crippen molar-refractivity contribution in [3.63, 3.8) is 0 Å². The highest BCUT2D eigenvalue weighted by atomic mass is 16.5. The molecule has 0 bridgehead atoms. The zero-order chi connectivity index (χ0) is 10.3. The van der Waals surface area contributed by atoms with Crippen LogP contribution in [0.25, 0.3) is 0 Å². The molecule has 0 aromatic rings. The molecule has 1 heterocycles. The smallest absolute Gasteiger partial charge is 0.152 e. The summed E-state index contributed by atoms with van der Waals surface area (Å²) in [6.45, 7) is 0. The van der Waals surface area contributed by atoms with Crippen LogP contribution in [0.2, 0.25) is 0 Å². The van der Waals surface area contributed by atoms with Crippen molar-refractivity contribution in [2.45, 2.75) is 37.4 Å². The van der Waals surface area contributed by atoms with Crippen molar-refractivity contribution in [3.05, 3.63) is 24.3 Å². The Morgan fingerprint density at radius 2 is 1.93 bits per heavy atom. The molecule has 3 rings (SSSR count). The summed E-state index contributed by atoms with van der Waals surface area (Å²) in [6.07, 6.45) is 13.9. The van der Waals surface area contributed by atoms with Gasteiger partial charge in [-0.2, -0.15) is 0 Å². The molecule has 1 aliphatic heterocycles. The van der Waals surface area contributed by atoms with Gasteiger partial charge in [-0.15, -0.1) is 0 Å². The molecule has 0 radical (unpaired) electrons. The molecule has 0 unspecified atom stereocenters. The van der Waals surface area contributed by atoms with Gasteiger partial charge in [0.05, 0.1) is 6.10 Å². The standard InChI is InChI=1S/C13H16O2/c14-9-13-8-4-3-6-11(13)10-5-1-2-7-12(10)15-13/h1-4,9-12H,5-8H2/t10-,11+,12-,13-/m1/s1. The topological polar surface area (TPSA) is 26.3 Å². The highest BCUT2D eigenvalue weighted by Gasteiger charge is 2.54. The number of allylic oxidation sites excluding steroid dienone is 2. The Bertz CT molecular complexity index is 331. The third-order valence-electron chi connectivity index (χ3n) is 4.13. The van der Waals surface area contributed by atoms with Crippen molar-refractivity contribution in [1.29, 1.82) is 0 Å². The SMILES string of the molecule is O=C[C@]12CC=CC[C@H]1[C@H]1CC=CC[C@H]1O2. The normalized spacial score (nSPS) is 47.3. The molecule has 2 heteroatoms. The minimum absolute atomic E-state index is 0.282. The summed E-state index contributed by atoms with van der Waals surface area (Å²) in [5.41, 5.74) is -0.490. The predicted molar refractivity (Wildman–Crippen MR) is 57.4 cm³/mol. The van der Waals surface area contributed by atoms with Crippen molar-refractivity contribution in [2.24, 2.45) is 11.8 Å². The molecule has 0 spiro atoms. The summed E-state index contributed by atoms with van der Waals surface area (Å²) in [5, 5.41) is 0. The second kappa shape index (κ2) is 3.31. The Kier molecular flexibility index (Phi) is 2.06. The van der Waals surface area contributed by atoms with E-state index in [1.165, 1.54) is 0 Å². The van der Waals surface area contributed by atoms with E-state index in [0.29, 0.717) is 11.8 Å². The Hall–Kier alpha value is -0.890. The van der Waals surface area contributed by atoms with E-state index < -0.39 is 5.60 Å². The van der Waals surface area contributed by atoms with Crippen LogP contribution in [0.15, 0.2) is 24.3 Å². The van der Waals surface area contributed by atoms with Crippen molar-refractivity contribution in [3.8, 4) is 0 Å². The van der Waals surface area contributed by atoms with E-state index in [1.807, 2.05) is 0 Å². The molecule has 80 valence electrons. The number of rotatable bonds is 1. The quantitative estimate of drug-likeness (QED) is 0.483. The third-order valence-corrected chi connectivity index (χ3v) is 4.13. The lowest BCUT2D eigenvalue weighted by Crippen LogP contribution is -2.39. The minimum atomic E-state index is -0.490. The lowest BCUT2D eigenvalue weighted by molar-refractivity contribution is -0.133. The molecule has 0 N–H and O–H groups in total. The van der Waals surface area contributed by atoms with Gasteiger partial charge in [-0.25, -0.2) is 0 Å². The van der Waals surface area contributed by atoms with E-state index in [1.54, 1.807) is 0 Å². The predicted octanol–water partition coefficient (Wildman–Crippen LogP) is 2.26. The fourth-order valence-electron chi connectivity index (χ4n) is 3.35. The largest absolute Gasteiger partial charge is 0.363 e. The fourth-order valence-corrected chi connectivity index (χ4v) is 3.35. The second-order valence-electron chi connectivity index (χ2n) is 4.85. The van der Waals surface area contributed by atoms with Crippen LogP contribution in [0.5, 0.6) is 0 Å². The summed E-state index contributed by atoms with van der Waals surface area (Å²) in [6, 6.07) is 0. The summed E-state index contributed by atoms with van der Waals surface area (Å²) >= 11 is 0. The molecule has 0 aromatic heterocycles. The van der Waals surface area contributed by atoms with Crippen molar-refractivity contribution in [2.75, 3.05) is 0 Å².